The van der Waals surface area contributed by atoms with Crippen LogP contribution in [0.25, 0.3) is 0 Å². The number of pyridine rings is 1. The number of nitrogen functional groups attached to an aromatic ring is 1. The zero-order chi connectivity index (χ0) is 13.0. The van der Waals surface area contributed by atoms with Crippen LogP contribution in [-0.4, -0.2) is 16.9 Å². The molecule has 0 spiro atoms. The molecule has 2 rings (SSSR count). The SMILES string of the molecule is CN(Cc1cccnc1)Cc1cc(N)cc(I)c1. The van der Waals surface area contributed by atoms with Gasteiger partial charge < -0.3 is 5.73 Å². The Kier molecular flexibility index (Phi) is 4.54. The molecule has 18 heavy (non-hydrogen) atoms. The van der Waals surface area contributed by atoms with Gasteiger partial charge in [-0.05, 0) is 65.0 Å². The largest absolute Gasteiger partial charge is 0.399 e. The Balaban J connectivity index is 2.01. The summed E-state index contributed by atoms with van der Waals surface area (Å²) < 4.78 is 1.18. The molecule has 1 aromatic heterocycles. The predicted octanol–water partition coefficient (Wildman–Crippen LogP) is 2.90. The molecule has 0 unspecified atom stereocenters. The minimum absolute atomic E-state index is 0.826. The van der Waals surface area contributed by atoms with Gasteiger partial charge in [-0.3, -0.25) is 9.88 Å². The van der Waals surface area contributed by atoms with Crippen molar-refractivity contribution in [3.05, 3.63) is 57.4 Å². The Morgan fingerprint density at radius 3 is 2.67 bits per heavy atom. The number of hydrogen-bond acceptors (Lipinski definition) is 3. The van der Waals surface area contributed by atoms with Crippen molar-refractivity contribution in [2.45, 2.75) is 13.1 Å². The van der Waals surface area contributed by atoms with Crippen LogP contribution in [0.2, 0.25) is 0 Å². The van der Waals surface area contributed by atoms with Gasteiger partial charge in [0, 0.05) is 34.7 Å². The van der Waals surface area contributed by atoms with E-state index in [2.05, 4.69) is 51.7 Å². The van der Waals surface area contributed by atoms with Gasteiger partial charge >= 0.3 is 0 Å². The van der Waals surface area contributed by atoms with Crippen LogP contribution < -0.4 is 5.73 Å². The van der Waals surface area contributed by atoms with Gasteiger partial charge in [-0.2, -0.15) is 0 Å². The monoisotopic (exact) mass is 353 g/mol. The van der Waals surface area contributed by atoms with E-state index in [-0.39, 0.29) is 0 Å². The van der Waals surface area contributed by atoms with E-state index in [1.807, 2.05) is 24.4 Å². The summed E-state index contributed by atoms with van der Waals surface area (Å²) in [6, 6.07) is 10.2. The average molecular weight is 353 g/mol. The topological polar surface area (TPSA) is 42.2 Å². The maximum absolute atomic E-state index is 5.85. The smallest absolute Gasteiger partial charge is 0.0327 e. The van der Waals surface area contributed by atoms with E-state index >= 15 is 0 Å². The highest BCUT2D eigenvalue weighted by Gasteiger charge is 2.03. The molecule has 2 aromatic rings. The second-order valence-corrected chi connectivity index (χ2v) is 5.67. The first kappa shape index (κ1) is 13.3. The highest BCUT2D eigenvalue weighted by Crippen LogP contribution is 2.16. The maximum atomic E-state index is 5.85. The molecule has 1 aromatic carbocycles. The number of halogens is 1. The van der Waals surface area contributed by atoms with Gasteiger partial charge in [-0.25, -0.2) is 0 Å². The highest BCUT2D eigenvalue weighted by molar-refractivity contribution is 14.1. The summed E-state index contributed by atoms with van der Waals surface area (Å²) in [5.41, 5.74) is 9.14. The van der Waals surface area contributed by atoms with Crippen molar-refractivity contribution < 1.29 is 0 Å². The number of rotatable bonds is 4. The zero-order valence-corrected chi connectivity index (χ0v) is 12.5. The van der Waals surface area contributed by atoms with Gasteiger partial charge in [0.25, 0.3) is 0 Å². The van der Waals surface area contributed by atoms with Crippen LogP contribution in [0.3, 0.4) is 0 Å². The van der Waals surface area contributed by atoms with Crippen LogP contribution in [0.1, 0.15) is 11.1 Å². The number of anilines is 1. The molecule has 0 aliphatic carbocycles. The van der Waals surface area contributed by atoms with Gasteiger partial charge in [0.15, 0.2) is 0 Å². The van der Waals surface area contributed by atoms with E-state index in [4.69, 9.17) is 5.73 Å². The first-order chi connectivity index (χ1) is 8.63. The quantitative estimate of drug-likeness (QED) is 0.679. The molecule has 0 aliphatic heterocycles. The lowest BCUT2D eigenvalue weighted by Gasteiger charge is -2.17. The first-order valence-electron chi connectivity index (χ1n) is 5.76. The van der Waals surface area contributed by atoms with E-state index in [9.17, 15) is 0 Å². The number of nitrogens with zero attached hydrogens (tertiary/aromatic N) is 2. The van der Waals surface area contributed by atoms with Crippen LogP contribution >= 0.6 is 22.6 Å². The molecule has 94 valence electrons. The van der Waals surface area contributed by atoms with Gasteiger partial charge in [-0.15, -0.1) is 0 Å². The molecule has 0 saturated carbocycles. The standard InChI is InChI=1S/C14H16IN3/c1-18(9-11-3-2-4-17-8-11)10-12-5-13(15)7-14(16)6-12/h2-8H,9-10,16H2,1H3. The van der Waals surface area contributed by atoms with E-state index in [0.29, 0.717) is 0 Å². The van der Waals surface area contributed by atoms with Crippen molar-refractivity contribution in [1.82, 2.24) is 9.88 Å². The Labute approximate surface area is 121 Å². The van der Waals surface area contributed by atoms with Crippen LogP contribution in [0.5, 0.6) is 0 Å². The fraction of sp³-hybridized carbons (Fsp3) is 0.214. The average Bonchev–Trinajstić information content (AvgIpc) is 2.28. The third-order valence-corrected chi connectivity index (χ3v) is 3.23. The lowest BCUT2D eigenvalue weighted by molar-refractivity contribution is 0.318. The van der Waals surface area contributed by atoms with Crippen molar-refractivity contribution >= 4 is 28.3 Å². The summed E-state index contributed by atoms with van der Waals surface area (Å²) in [5, 5.41) is 0. The first-order valence-corrected chi connectivity index (χ1v) is 6.84. The third kappa shape index (κ3) is 3.96. The molecule has 0 radical (unpaired) electrons. The van der Waals surface area contributed by atoms with Crippen LogP contribution in [-0.2, 0) is 13.1 Å². The fourth-order valence-corrected chi connectivity index (χ4v) is 2.70. The second-order valence-electron chi connectivity index (χ2n) is 4.43. The summed E-state index contributed by atoms with van der Waals surface area (Å²) in [5.74, 6) is 0. The van der Waals surface area contributed by atoms with Crippen molar-refractivity contribution in [3.63, 3.8) is 0 Å². The molecule has 0 fully saturated rings. The fourth-order valence-electron chi connectivity index (χ4n) is 1.94. The summed E-state index contributed by atoms with van der Waals surface area (Å²) >= 11 is 2.29. The van der Waals surface area contributed by atoms with Gasteiger partial charge in [-0.1, -0.05) is 6.07 Å². The molecule has 0 amide bonds. The molecule has 0 bridgehead atoms. The van der Waals surface area contributed by atoms with Gasteiger partial charge in [0.2, 0.25) is 0 Å². The van der Waals surface area contributed by atoms with Gasteiger partial charge in [0.05, 0.1) is 0 Å². The molecular formula is C14H16IN3. The van der Waals surface area contributed by atoms with E-state index in [0.717, 1.165) is 18.8 Å². The van der Waals surface area contributed by atoms with Crippen molar-refractivity contribution in [2.75, 3.05) is 12.8 Å². The Hall–Kier alpha value is -1.14. The summed E-state index contributed by atoms with van der Waals surface area (Å²) in [4.78, 5) is 6.38. The predicted molar refractivity (Wildman–Crippen MR) is 83.0 cm³/mol. The maximum Gasteiger partial charge on any atom is 0.0327 e. The molecule has 3 nitrogen and oxygen atoms in total. The van der Waals surface area contributed by atoms with Crippen LogP contribution in [0.15, 0.2) is 42.7 Å². The van der Waals surface area contributed by atoms with Crippen molar-refractivity contribution in [1.29, 1.82) is 0 Å². The van der Waals surface area contributed by atoms with E-state index in [1.165, 1.54) is 14.7 Å². The zero-order valence-electron chi connectivity index (χ0n) is 10.3. The lowest BCUT2D eigenvalue weighted by Crippen LogP contribution is -2.17. The summed E-state index contributed by atoms with van der Waals surface area (Å²) in [6.07, 6.45) is 3.70. The van der Waals surface area contributed by atoms with Crippen molar-refractivity contribution in [3.8, 4) is 0 Å². The lowest BCUT2D eigenvalue weighted by atomic mass is 10.2. The number of aromatic nitrogens is 1. The van der Waals surface area contributed by atoms with E-state index in [1.54, 1.807) is 6.20 Å². The molecule has 2 N–H and O–H groups in total. The molecule has 0 saturated heterocycles. The Bertz CT molecular complexity index is 493. The Morgan fingerprint density at radius 1 is 1.22 bits per heavy atom. The Morgan fingerprint density at radius 2 is 2.00 bits per heavy atom. The second kappa shape index (κ2) is 6.15. The number of benzene rings is 1. The number of hydrogen-bond donors (Lipinski definition) is 1. The number of nitrogens with two attached hydrogens (primary N) is 1. The van der Waals surface area contributed by atoms with E-state index < -0.39 is 0 Å². The summed E-state index contributed by atoms with van der Waals surface area (Å²) in [6.45, 7) is 1.77. The minimum atomic E-state index is 0.826. The van der Waals surface area contributed by atoms with Gasteiger partial charge in [0.1, 0.15) is 0 Å². The van der Waals surface area contributed by atoms with Crippen molar-refractivity contribution in [2.24, 2.45) is 0 Å². The molecule has 0 atom stereocenters. The molecule has 4 heteroatoms. The van der Waals surface area contributed by atoms with Crippen LogP contribution in [0.4, 0.5) is 5.69 Å². The minimum Gasteiger partial charge on any atom is -0.399 e. The normalized spacial score (nSPS) is 10.8. The molecular weight excluding hydrogens is 337 g/mol. The molecule has 1 heterocycles. The summed E-state index contributed by atoms with van der Waals surface area (Å²) in [7, 11) is 2.10. The third-order valence-electron chi connectivity index (χ3n) is 2.61. The van der Waals surface area contributed by atoms with Crippen LogP contribution in [0, 0.1) is 3.57 Å². The highest BCUT2D eigenvalue weighted by atomic mass is 127. The molecule has 0 aliphatic rings.